The molecule has 1 heterocycles. The molecule has 1 aromatic heterocycles. The van der Waals surface area contributed by atoms with Gasteiger partial charge in [0.15, 0.2) is 0 Å². The molecule has 0 saturated heterocycles. The van der Waals surface area contributed by atoms with Gasteiger partial charge in [-0.25, -0.2) is 4.98 Å². The SMILES string of the molecule is CCC(C)(C)C1CCC(NCc2ncc(Cl)s2)CC1. The summed E-state index contributed by atoms with van der Waals surface area (Å²) in [5.74, 6) is 0.893. The third-order valence-corrected chi connectivity index (χ3v) is 5.93. The molecule has 2 rings (SSSR count). The second-order valence-electron chi connectivity index (χ2n) is 6.33. The quantitative estimate of drug-likeness (QED) is 0.838. The van der Waals surface area contributed by atoms with E-state index in [0.29, 0.717) is 11.5 Å². The zero-order chi connectivity index (χ0) is 13.9. The number of aromatic nitrogens is 1. The predicted octanol–water partition coefficient (Wildman–Crippen LogP) is 4.88. The first-order valence-corrected chi connectivity index (χ1v) is 8.54. The second kappa shape index (κ2) is 6.55. The largest absolute Gasteiger partial charge is 0.308 e. The summed E-state index contributed by atoms with van der Waals surface area (Å²) < 4.78 is 0.783. The maximum atomic E-state index is 5.90. The average molecular weight is 301 g/mol. The Kier molecular flexibility index (Phi) is 5.27. The third-order valence-electron chi connectivity index (χ3n) is 4.81. The van der Waals surface area contributed by atoms with Crippen molar-refractivity contribution >= 4 is 22.9 Å². The topological polar surface area (TPSA) is 24.9 Å². The Bertz CT molecular complexity index is 395. The second-order valence-corrected chi connectivity index (χ2v) is 8.08. The van der Waals surface area contributed by atoms with Crippen LogP contribution in [0.1, 0.15) is 57.9 Å². The lowest BCUT2D eigenvalue weighted by molar-refractivity contribution is 0.137. The van der Waals surface area contributed by atoms with Gasteiger partial charge in [-0.2, -0.15) is 0 Å². The molecule has 0 spiro atoms. The first-order valence-electron chi connectivity index (χ1n) is 7.35. The van der Waals surface area contributed by atoms with Crippen LogP contribution >= 0.6 is 22.9 Å². The summed E-state index contributed by atoms with van der Waals surface area (Å²) in [6.45, 7) is 8.02. The highest BCUT2D eigenvalue weighted by Crippen LogP contribution is 2.40. The summed E-state index contributed by atoms with van der Waals surface area (Å²) in [5, 5.41) is 4.73. The van der Waals surface area contributed by atoms with Crippen molar-refractivity contribution in [3.8, 4) is 0 Å². The molecule has 1 aliphatic rings. The molecule has 0 atom stereocenters. The third kappa shape index (κ3) is 4.17. The number of nitrogens with zero attached hydrogens (tertiary/aromatic N) is 1. The summed E-state index contributed by atoms with van der Waals surface area (Å²) in [6, 6.07) is 0.659. The lowest BCUT2D eigenvalue weighted by Gasteiger charge is -2.39. The van der Waals surface area contributed by atoms with E-state index in [1.807, 2.05) is 0 Å². The van der Waals surface area contributed by atoms with Crippen molar-refractivity contribution in [1.29, 1.82) is 0 Å². The van der Waals surface area contributed by atoms with E-state index in [1.54, 1.807) is 17.5 Å². The maximum absolute atomic E-state index is 5.90. The van der Waals surface area contributed by atoms with E-state index >= 15 is 0 Å². The van der Waals surface area contributed by atoms with Crippen molar-refractivity contribution in [2.24, 2.45) is 11.3 Å². The van der Waals surface area contributed by atoms with Crippen LogP contribution in [0, 0.1) is 11.3 Å². The normalized spacial score (nSPS) is 24.6. The lowest BCUT2D eigenvalue weighted by Crippen LogP contribution is -2.36. The Morgan fingerprint density at radius 1 is 1.37 bits per heavy atom. The molecule has 19 heavy (non-hydrogen) atoms. The van der Waals surface area contributed by atoms with E-state index in [-0.39, 0.29) is 0 Å². The molecule has 1 fully saturated rings. The summed E-state index contributed by atoms with van der Waals surface area (Å²) >= 11 is 7.47. The molecule has 4 heteroatoms. The Morgan fingerprint density at radius 3 is 2.58 bits per heavy atom. The van der Waals surface area contributed by atoms with Crippen LogP contribution in [0.15, 0.2) is 6.20 Å². The van der Waals surface area contributed by atoms with Gasteiger partial charge < -0.3 is 5.32 Å². The summed E-state index contributed by atoms with van der Waals surface area (Å²) in [4.78, 5) is 4.29. The first-order chi connectivity index (χ1) is 9.01. The molecule has 1 aromatic rings. The Morgan fingerprint density at radius 2 is 2.05 bits per heavy atom. The number of nitrogens with one attached hydrogen (secondary N) is 1. The predicted molar refractivity (Wildman–Crippen MR) is 83.8 cm³/mol. The molecule has 1 N–H and O–H groups in total. The van der Waals surface area contributed by atoms with Crippen LogP contribution in [0.25, 0.3) is 0 Å². The molecule has 0 aliphatic heterocycles. The van der Waals surface area contributed by atoms with Gasteiger partial charge in [0, 0.05) is 12.6 Å². The van der Waals surface area contributed by atoms with E-state index < -0.39 is 0 Å². The van der Waals surface area contributed by atoms with E-state index in [4.69, 9.17) is 11.6 Å². The molecular weight excluding hydrogens is 276 g/mol. The van der Waals surface area contributed by atoms with Crippen LogP contribution < -0.4 is 5.32 Å². The van der Waals surface area contributed by atoms with Crippen LogP contribution in [0.3, 0.4) is 0 Å². The van der Waals surface area contributed by atoms with Crippen LogP contribution in [-0.2, 0) is 6.54 Å². The summed E-state index contributed by atoms with van der Waals surface area (Å²) in [7, 11) is 0. The molecule has 1 saturated carbocycles. The van der Waals surface area contributed by atoms with Crippen molar-refractivity contribution in [3.05, 3.63) is 15.5 Å². The fraction of sp³-hybridized carbons (Fsp3) is 0.800. The van der Waals surface area contributed by atoms with Crippen molar-refractivity contribution in [2.75, 3.05) is 0 Å². The minimum absolute atomic E-state index is 0.508. The molecule has 2 nitrogen and oxygen atoms in total. The first kappa shape index (κ1) is 15.3. The average Bonchev–Trinajstić information content (AvgIpc) is 2.83. The molecule has 0 amide bonds. The minimum Gasteiger partial charge on any atom is -0.308 e. The van der Waals surface area contributed by atoms with Gasteiger partial charge in [-0.15, -0.1) is 11.3 Å². The van der Waals surface area contributed by atoms with Gasteiger partial charge >= 0.3 is 0 Å². The smallest absolute Gasteiger partial charge is 0.113 e. The lowest BCUT2D eigenvalue weighted by atomic mass is 9.69. The molecule has 1 aliphatic carbocycles. The van der Waals surface area contributed by atoms with E-state index in [0.717, 1.165) is 21.8 Å². The van der Waals surface area contributed by atoms with Crippen LogP contribution in [0.4, 0.5) is 0 Å². The van der Waals surface area contributed by atoms with E-state index in [1.165, 1.54) is 32.1 Å². The highest BCUT2D eigenvalue weighted by atomic mass is 35.5. The standard InChI is InChI=1S/C15H25ClN2S/c1-4-15(2,3)11-5-7-12(8-6-11)17-10-14-18-9-13(16)19-14/h9,11-12,17H,4-8,10H2,1-3H3. The van der Waals surface area contributed by atoms with Gasteiger partial charge in [-0.1, -0.05) is 38.8 Å². The number of rotatable bonds is 5. The number of hydrogen-bond acceptors (Lipinski definition) is 3. The van der Waals surface area contributed by atoms with Crippen molar-refractivity contribution < 1.29 is 0 Å². The Hall–Kier alpha value is -0.120. The molecule has 0 radical (unpaired) electrons. The van der Waals surface area contributed by atoms with E-state index in [9.17, 15) is 0 Å². The Balaban J connectivity index is 1.74. The summed E-state index contributed by atoms with van der Waals surface area (Å²) in [6.07, 6.45) is 8.34. The van der Waals surface area contributed by atoms with Crippen molar-refractivity contribution in [3.63, 3.8) is 0 Å². The van der Waals surface area contributed by atoms with Gasteiger partial charge in [0.1, 0.15) is 9.34 Å². The van der Waals surface area contributed by atoms with Gasteiger partial charge in [-0.3, -0.25) is 0 Å². The van der Waals surface area contributed by atoms with Crippen LogP contribution in [0.2, 0.25) is 4.34 Å². The molecule has 0 aromatic carbocycles. The molecule has 0 unspecified atom stereocenters. The highest BCUT2D eigenvalue weighted by molar-refractivity contribution is 7.15. The molecule has 108 valence electrons. The van der Waals surface area contributed by atoms with E-state index in [2.05, 4.69) is 31.1 Å². The summed E-state index contributed by atoms with van der Waals surface area (Å²) in [5.41, 5.74) is 0.508. The fourth-order valence-electron chi connectivity index (χ4n) is 2.97. The van der Waals surface area contributed by atoms with Gasteiger partial charge in [0.25, 0.3) is 0 Å². The van der Waals surface area contributed by atoms with Crippen LogP contribution in [0.5, 0.6) is 0 Å². The monoisotopic (exact) mass is 300 g/mol. The van der Waals surface area contributed by atoms with Crippen molar-refractivity contribution in [2.45, 2.75) is 65.5 Å². The fourth-order valence-corrected chi connectivity index (χ4v) is 3.88. The zero-order valence-corrected chi connectivity index (χ0v) is 13.8. The maximum Gasteiger partial charge on any atom is 0.113 e. The van der Waals surface area contributed by atoms with Gasteiger partial charge in [-0.05, 0) is 37.0 Å². The van der Waals surface area contributed by atoms with Gasteiger partial charge in [0.05, 0.1) is 6.20 Å². The Labute approximate surface area is 126 Å². The number of thiazole rings is 1. The number of halogens is 1. The molecule has 0 bridgehead atoms. The van der Waals surface area contributed by atoms with Gasteiger partial charge in [0.2, 0.25) is 0 Å². The minimum atomic E-state index is 0.508. The van der Waals surface area contributed by atoms with Crippen molar-refractivity contribution in [1.82, 2.24) is 10.3 Å². The molecular formula is C15H25ClN2S. The number of hydrogen-bond donors (Lipinski definition) is 1. The van der Waals surface area contributed by atoms with Crippen LogP contribution in [-0.4, -0.2) is 11.0 Å². The zero-order valence-electron chi connectivity index (χ0n) is 12.2. The highest BCUT2D eigenvalue weighted by Gasteiger charge is 2.31.